The summed E-state index contributed by atoms with van der Waals surface area (Å²) in [5.74, 6) is -0.0257. The second kappa shape index (κ2) is 6.28. The van der Waals surface area contributed by atoms with Crippen LogP contribution in [0.25, 0.3) is 0 Å². The Hall–Kier alpha value is -1.53. The van der Waals surface area contributed by atoms with Crippen LogP contribution in [0.5, 0.6) is 0 Å². The maximum atomic E-state index is 12.5. The summed E-state index contributed by atoms with van der Waals surface area (Å²) < 4.78 is 0. The number of amides is 1. The molecule has 1 saturated heterocycles. The number of hydrogen-bond acceptors (Lipinski definition) is 4. The summed E-state index contributed by atoms with van der Waals surface area (Å²) in [5.41, 5.74) is 6.66. The molecule has 1 aliphatic heterocycles. The zero-order valence-electron chi connectivity index (χ0n) is 11.9. The largest absolute Gasteiger partial charge is 0.389 e. The molecule has 0 aromatic carbocycles. The van der Waals surface area contributed by atoms with Crippen molar-refractivity contribution in [1.29, 1.82) is 0 Å². The van der Waals surface area contributed by atoms with Gasteiger partial charge in [-0.3, -0.25) is 9.78 Å². The minimum atomic E-state index is -0.0257. The Balaban J connectivity index is 2.15. The molecule has 2 heterocycles. The lowest BCUT2D eigenvalue weighted by Gasteiger charge is -2.27. The molecule has 5 nitrogen and oxygen atoms in total. The first-order valence-electron chi connectivity index (χ1n) is 6.74. The van der Waals surface area contributed by atoms with Crippen LogP contribution in [-0.4, -0.2) is 58.4 Å². The van der Waals surface area contributed by atoms with Crippen molar-refractivity contribution in [1.82, 2.24) is 14.8 Å². The molecule has 2 N–H and O–H groups in total. The van der Waals surface area contributed by atoms with Gasteiger partial charge in [-0.2, -0.15) is 0 Å². The summed E-state index contributed by atoms with van der Waals surface area (Å²) in [4.78, 5) is 21.2. The third kappa shape index (κ3) is 3.32. The Morgan fingerprint density at radius 3 is 2.80 bits per heavy atom. The summed E-state index contributed by atoms with van der Waals surface area (Å²) in [6.45, 7) is 4.74. The highest BCUT2D eigenvalue weighted by atomic mass is 32.1. The lowest BCUT2D eigenvalue weighted by Crippen LogP contribution is -2.42. The first-order chi connectivity index (χ1) is 9.49. The van der Waals surface area contributed by atoms with Gasteiger partial charge >= 0.3 is 0 Å². The fourth-order valence-electron chi connectivity index (χ4n) is 2.49. The highest BCUT2D eigenvalue weighted by molar-refractivity contribution is 7.80. The maximum absolute atomic E-state index is 12.5. The average Bonchev–Trinajstić information content (AvgIpc) is 2.58. The molecular weight excluding hydrogens is 272 g/mol. The lowest BCUT2D eigenvalue weighted by atomic mass is 10.2. The molecule has 1 aromatic rings. The Kier molecular flexibility index (Phi) is 4.67. The van der Waals surface area contributed by atoms with Crippen LogP contribution in [0.3, 0.4) is 0 Å². The van der Waals surface area contributed by atoms with E-state index in [0.717, 1.165) is 26.1 Å². The van der Waals surface area contributed by atoms with Crippen molar-refractivity contribution in [3.05, 3.63) is 29.6 Å². The molecule has 0 aliphatic carbocycles. The quantitative estimate of drug-likeness (QED) is 0.820. The van der Waals surface area contributed by atoms with Gasteiger partial charge in [0.1, 0.15) is 10.7 Å². The summed E-state index contributed by atoms with van der Waals surface area (Å²) in [6.07, 6.45) is 2.54. The van der Waals surface area contributed by atoms with Crippen molar-refractivity contribution >= 4 is 23.1 Å². The molecule has 2 rings (SSSR count). The van der Waals surface area contributed by atoms with Crippen LogP contribution in [-0.2, 0) is 0 Å². The fraction of sp³-hybridized carbons (Fsp3) is 0.500. The maximum Gasteiger partial charge on any atom is 0.272 e. The minimum absolute atomic E-state index is 0.0257. The van der Waals surface area contributed by atoms with Gasteiger partial charge in [-0.15, -0.1) is 0 Å². The van der Waals surface area contributed by atoms with Crippen LogP contribution < -0.4 is 5.73 Å². The number of rotatable bonds is 2. The van der Waals surface area contributed by atoms with Crippen LogP contribution in [0.4, 0.5) is 0 Å². The van der Waals surface area contributed by atoms with E-state index in [2.05, 4.69) is 23.9 Å². The number of hydrogen-bond donors (Lipinski definition) is 1. The summed E-state index contributed by atoms with van der Waals surface area (Å²) in [6, 6.07) is 3.63. The van der Waals surface area contributed by atoms with Crippen molar-refractivity contribution in [2.75, 3.05) is 26.7 Å². The molecule has 1 amide bonds. The predicted molar refractivity (Wildman–Crippen MR) is 82.7 cm³/mol. The van der Waals surface area contributed by atoms with Gasteiger partial charge in [0.2, 0.25) is 0 Å². The number of thiocarbonyl (C=S) groups is 1. The number of nitrogens with zero attached hydrogens (tertiary/aromatic N) is 3. The van der Waals surface area contributed by atoms with Crippen LogP contribution >= 0.6 is 12.2 Å². The highest BCUT2D eigenvalue weighted by Gasteiger charge is 2.25. The van der Waals surface area contributed by atoms with E-state index in [4.69, 9.17) is 18.0 Å². The van der Waals surface area contributed by atoms with E-state index in [-0.39, 0.29) is 11.9 Å². The van der Waals surface area contributed by atoms with Crippen molar-refractivity contribution in [2.24, 2.45) is 5.73 Å². The van der Waals surface area contributed by atoms with Crippen molar-refractivity contribution in [3.8, 4) is 0 Å². The highest BCUT2D eigenvalue weighted by Crippen LogP contribution is 2.12. The van der Waals surface area contributed by atoms with Crippen LogP contribution in [0, 0.1) is 0 Å². The topological polar surface area (TPSA) is 62.5 Å². The monoisotopic (exact) mass is 292 g/mol. The Labute approximate surface area is 124 Å². The standard InChI is InChI=1S/C14H20N4OS/c1-10-9-17(2)6-3-7-18(10)14(19)12-5-4-11(8-16-12)13(15)20/h4-5,8,10H,3,6-7,9H2,1-2H3,(H2,15,20). The minimum Gasteiger partial charge on any atom is -0.389 e. The molecule has 0 saturated carbocycles. The second-order valence-corrected chi connectivity index (χ2v) is 5.70. The number of aromatic nitrogens is 1. The molecule has 108 valence electrons. The molecule has 1 unspecified atom stereocenters. The molecule has 6 heteroatoms. The first kappa shape index (κ1) is 14.9. The number of likely N-dealkylation sites (N-methyl/N-ethyl adjacent to an activating group) is 1. The zero-order valence-corrected chi connectivity index (χ0v) is 12.7. The van der Waals surface area contributed by atoms with E-state index >= 15 is 0 Å². The SMILES string of the molecule is CC1CN(C)CCCN1C(=O)c1ccc(C(N)=S)cn1. The number of carbonyl (C=O) groups is 1. The fourth-order valence-corrected chi connectivity index (χ4v) is 2.61. The molecule has 1 fully saturated rings. The van der Waals surface area contributed by atoms with Crippen molar-refractivity contribution in [2.45, 2.75) is 19.4 Å². The third-order valence-electron chi connectivity index (χ3n) is 3.57. The molecular formula is C14H20N4OS. The summed E-state index contributed by atoms with van der Waals surface area (Å²) in [5, 5.41) is 0. The van der Waals surface area contributed by atoms with Gasteiger partial charge in [-0.05, 0) is 39.1 Å². The second-order valence-electron chi connectivity index (χ2n) is 5.26. The van der Waals surface area contributed by atoms with Gasteiger partial charge in [0.05, 0.1) is 0 Å². The first-order valence-corrected chi connectivity index (χ1v) is 7.15. The predicted octanol–water partition coefficient (Wildman–Crippen LogP) is 0.882. The molecule has 1 atom stereocenters. The molecule has 1 aromatic heterocycles. The van der Waals surface area contributed by atoms with E-state index in [0.29, 0.717) is 16.2 Å². The average molecular weight is 292 g/mol. The van der Waals surface area contributed by atoms with Crippen LogP contribution in [0.15, 0.2) is 18.3 Å². The Morgan fingerprint density at radius 2 is 2.20 bits per heavy atom. The van der Waals surface area contributed by atoms with E-state index in [9.17, 15) is 4.79 Å². The van der Waals surface area contributed by atoms with Gasteiger partial charge in [0.25, 0.3) is 5.91 Å². The molecule has 0 radical (unpaired) electrons. The number of pyridine rings is 1. The smallest absolute Gasteiger partial charge is 0.272 e. The van der Waals surface area contributed by atoms with E-state index < -0.39 is 0 Å². The summed E-state index contributed by atoms with van der Waals surface area (Å²) >= 11 is 4.88. The molecule has 20 heavy (non-hydrogen) atoms. The van der Waals surface area contributed by atoms with Crippen molar-refractivity contribution in [3.63, 3.8) is 0 Å². The van der Waals surface area contributed by atoms with E-state index in [1.807, 2.05) is 4.90 Å². The van der Waals surface area contributed by atoms with Crippen LogP contribution in [0.2, 0.25) is 0 Å². The van der Waals surface area contributed by atoms with Crippen LogP contribution in [0.1, 0.15) is 29.4 Å². The molecule has 0 spiro atoms. The lowest BCUT2D eigenvalue weighted by molar-refractivity contribution is 0.0690. The molecule has 0 bridgehead atoms. The van der Waals surface area contributed by atoms with Crippen molar-refractivity contribution < 1.29 is 4.79 Å². The normalized spacial score (nSPS) is 20.5. The zero-order chi connectivity index (χ0) is 14.7. The number of carbonyl (C=O) groups excluding carboxylic acids is 1. The van der Waals surface area contributed by atoms with Gasteiger partial charge in [-0.25, -0.2) is 0 Å². The Bertz CT molecular complexity index is 502. The number of nitrogens with two attached hydrogens (primary N) is 1. The van der Waals surface area contributed by atoms with Gasteiger partial charge in [-0.1, -0.05) is 12.2 Å². The third-order valence-corrected chi connectivity index (χ3v) is 3.81. The van der Waals surface area contributed by atoms with Gasteiger partial charge in [0.15, 0.2) is 0 Å². The Morgan fingerprint density at radius 1 is 1.45 bits per heavy atom. The van der Waals surface area contributed by atoms with E-state index in [1.54, 1.807) is 18.3 Å². The summed E-state index contributed by atoms with van der Waals surface area (Å²) in [7, 11) is 2.08. The molecule has 1 aliphatic rings. The van der Waals surface area contributed by atoms with Gasteiger partial charge < -0.3 is 15.5 Å². The van der Waals surface area contributed by atoms with Gasteiger partial charge in [0, 0.05) is 30.9 Å². The van der Waals surface area contributed by atoms with E-state index in [1.165, 1.54) is 0 Å².